The van der Waals surface area contributed by atoms with Crippen LogP contribution >= 0.6 is 12.2 Å². The molecule has 140 valence electrons. The third-order valence-corrected chi connectivity index (χ3v) is 4.46. The first-order valence-electron chi connectivity index (χ1n) is 8.04. The molecule has 0 N–H and O–H groups in total. The van der Waals surface area contributed by atoms with Crippen molar-refractivity contribution >= 4 is 28.6 Å². The van der Waals surface area contributed by atoms with Gasteiger partial charge in [0.25, 0.3) is 5.69 Å². The number of para-hydroxylation sites is 1. The quantitative estimate of drug-likeness (QED) is 0.435. The van der Waals surface area contributed by atoms with Crippen LogP contribution in [0.4, 0.5) is 11.4 Å². The third kappa shape index (κ3) is 4.18. The number of hydrogen-bond donors (Lipinski definition) is 0. The molecule has 0 unspecified atom stereocenters. The highest BCUT2D eigenvalue weighted by Crippen LogP contribution is 2.36. The predicted molar refractivity (Wildman–Crippen MR) is 100 cm³/mol. The minimum absolute atomic E-state index is 0.0946. The van der Waals surface area contributed by atoms with Gasteiger partial charge >= 0.3 is 5.69 Å². The van der Waals surface area contributed by atoms with Gasteiger partial charge < -0.3 is 14.4 Å². The first kappa shape index (κ1) is 18.7. The molecule has 0 spiro atoms. The van der Waals surface area contributed by atoms with Gasteiger partial charge in [0.2, 0.25) is 5.75 Å². The summed E-state index contributed by atoms with van der Waals surface area (Å²) in [6, 6.07) is 10.2. The van der Waals surface area contributed by atoms with E-state index in [9.17, 15) is 20.2 Å². The number of nitro groups is 2. The van der Waals surface area contributed by atoms with Gasteiger partial charge in [-0.2, -0.15) is 0 Å². The lowest BCUT2D eigenvalue weighted by Crippen LogP contribution is -2.40. The molecule has 0 aliphatic carbocycles. The average molecular weight is 389 g/mol. The Balaban J connectivity index is 1.93. The maximum Gasteiger partial charge on any atom is 0.318 e. The number of rotatable bonds is 5. The van der Waals surface area contributed by atoms with Crippen molar-refractivity contribution in [1.29, 1.82) is 0 Å². The first-order chi connectivity index (χ1) is 13.0. The SMILES string of the molecule is O=[N+]([O-])c1ccc(Oc2ccccc2C(=S)N2CCOCC2)c([N+](=O)[O-])c1. The van der Waals surface area contributed by atoms with Crippen LogP contribution in [0.2, 0.25) is 0 Å². The standard InChI is InChI=1S/C17H15N3O6S/c21-19(22)12-5-6-16(14(11-12)20(23)24)26-15-4-2-1-3-13(15)17(27)18-7-9-25-10-8-18/h1-6,11H,7-10H2. The maximum absolute atomic E-state index is 11.3. The smallest absolute Gasteiger partial charge is 0.318 e. The predicted octanol–water partition coefficient (Wildman–Crippen LogP) is 3.30. The van der Waals surface area contributed by atoms with Crippen molar-refractivity contribution in [1.82, 2.24) is 4.90 Å². The van der Waals surface area contributed by atoms with Crippen molar-refractivity contribution in [3.63, 3.8) is 0 Å². The Kier molecular flexibility index (Phi) is 5.57. The van der Waals surface area contributed by atoms with Gasteiger partial charge in [0.1, 0.15) is 10.7 Å². The largest absolute Gasteiger partial charge is 0.449 e. The summed E-state index contributed by atoms with van der Waals surface area (Å²) in [5.41, 5.74) is -0.260. The molecule has 9 nitrogen and oxygen atoms in total. The summed E-state index contributed by atoms with van der Waals surface area (Å²) >= 11 is 5.55. The van der Waals surface area contributed by atoms with Crippen molar-refractivity contribution in [2.24, 2.45) is 0 Å². The molecule has 3 rings (SSSR count). The van der Waals surface area contributed by atoms with Crippen molar-refractivity contribution in [3.05, 3.63) is 68.3 Å². The van der Waals surface area contributed by atoms with Crippen molar-refractivity contribution in [3.8, 4) is 11.5 Å². The van der Waals surface area contributed by atoms with Gasteiger partial charge in [-0.15, -0.1) is 0 Å². The molecule has 27 heavy (non-hydrogen) atoms. The lowest BCUT2D eigenvalue weighted by molar-refractivity contribution is -0.394. The summed E-state index contributed by atoms with van der Waals surface area (Å²) in [5, 5.41) is 22.2. The number of thiocarbonyl (C=S) groups is 1. The molecule has 0 aromatic heterocycles. The molecular formula is C17H15N3O6S. The van der Waals surface area contributed by atoms with Crippen LogP contribution in [-0.2, 0) is 4.74 Å². The Morgan fingerprint density at radius 3 is 2.41 bits per heavy atom. The summed E-state index contributed by atoms with van der Waals surface area (Å²) in [7, 11) is 0. The fourth-order valence-corrected chi connectivity index (χ4v) is 2.99. The van der Waals surface area contributed by atoms with Gasteiger partial charge in [-0.3, -0.25) is 20.2 Å². The molecule has 1 saturated heterocycles. The van der Waals surface area contributed by atoms with E-state index < -0.39 is 15.5 Å². The third-order valence-electron chi connectivity index (χ3n) is 3.99. The molecule has 10 heteroatoms. The van der Waals surface area contributed by atoms with Crippen LogP contribution in [0.5, 0.6) is 11.5 Å². The Bertz CT molecular complexity index is 898. The van der Waals surface area contributed by atoms with Crippen molar-refractivity contribution in [2.75, 3.05) is 26.3 Å². The van der Waals surface area contributed by atoms with Gasteiger partial charge in [-0.25, -0.2) is 0 Å². The number of nitrogens with zero attached hydrogens (tertiary/aromatic N) is 3. The second-order valence-electron chi connectivity index (χ2n) is 5.67. The number of benzene rings is 2. The van der Waals surface area contributed by atoms with Crippen LogP contribution < -0.4 is 4.74 Å². The van der Waals surface area contributed by atoms with Crippen LogP contribution in [0.3, 0.4) is 0 Å². The van der Waals surface area contributed by atoms with Crippen LogP contribution in [0, 0.1) is 20.2 Å². The van der Waals surface area contributed by atoms with Crippen molar-refractivity contribution in [2.45, 2.75) is 0 Å². The topological polar surface area (TPSA) is 108 Å². The summed E-state index contributed by atoms with van der Waals surface area (Å²) in [6.45, 7) is 2.42. The molecule has 1 aliphatic heterocycles. The molecular weight excluding hydrogens is 374 g/mol. The fraction of sp³-hybridized carbons (Fsp3) is 0.235. The Labute approximate surface area is 159 Å². The molecule has 0 atom stereocenters. The van der Waals surface area contributed by atoms with E-state index in [1.54, 1.807) is 24.3 Å². The highest BCUT2D eigenvalue weighted by atomic mass is 32.1. The molecule has 2 aromatic rings. The van der Waals surface area contributed by atoms with E-state index in [-0.39, 0.29) is 11.4 Å². The summed E-state index contributed by atoms with van der Waals surface area (Å²) in [5.74, 6) is 0.244. The van der Waals surface area contributed by atoms with E-state index in [0.717, 1.165) is 12.1 Å². The lowest BCUT2D eigenvalue weighted by Gasteiger charge is -2.29. The van der Waals surface area contributed by atoms with E-state index in [1.165, 1.54) is 6.07 Å². The van der Waals surface area contributed by atoms with Gasteiger partial charge in [0.05, 0.1) is 34.7 Å². The van der Waals surface area contributed by atoms with Gasteiger partial charge in [-0.1, -0.05) is 24.4 Å². The van der Waals surface area contributed by atoms with E-state index in [1.807, 2.05) is 4.90 Å². The maximum atomic E-state index is 11.3. The molecule has 1 heterocycles. The second kappa shape index (κ2) is 8.06. The normalized spacial score (nSPS) is 13.9. The van der Waals surface area contributed by atoms with Crippen LogP contribution in [0.1, 0.15) is 5.56 Å². The highest BCUT2D eigenvalue weighted by Gasteiger charge is 2.23. The minimum atomic E-state index is -0.717. The zero-order valence-electron chi connectivity index (χ0n) is 14.1. The lowest BCUT2D eigenvalue weighted by atomic mass is 10.1. The number of non-ortho nitro benzene ring substituents is 1. The Morgan fingerprint density at radius 2 is 1.74 bits per heavy atom. The molecule has 0 radical (unpaired) electrons. The van der Waals surface area contributed by atoms with E-state index in [0.29, 0.717) is 42.6 Å². The number of hydrogen-bond acceptors (Lipinski definition) is 7. The van der Waals surface area contributed by atoms with Crippen LogP contribution in [0.15, 0.2) is 42.5 Å². The Morgan fingerprint density at radius 1 is 1.04 bits per heavy atom. The van der Waals surface area contributed by atoms with E-state index in [4.69, 9.17) is 21.7 Å². The Hall–Kier alpha value is -3.11. The van der Waals surface area contributed by atoms with E-state index >= 15 is 0 Å². The second-order valence-corrected chi connectivity index (χ2v) is 6.06. The van der Waals surface area contributed by atoms with Gasteiger partial charge in [0.15, 0.2) is 0 Å². The number of morpholine rings is 1. The van der Waals surface area contributed by atoms with Gasteiger partial charge in [-0.05, 0) is 18.2 Å². The summed E-state index contributed by atoms with van der Waals surface area (Å²) in [6.07, 6.45) is 0. The molecule has 1 aliphatic rings. The fourth-order valence-electron chi connectivity index (χ4n) is 2.64. The van der Waals surface area contributed by atoms with Gasteiger partial charge in [0, 0.05) is 19.2 Å². The van der Waals surface area contributed by atoms with Crippen LogP contribution in [-0.4, -0.2) is 46.0 Å². The zero-order valence-corrected chi connectivity index (χ0v) is 14.9. The molecule has 0 saturated carbocycles. The van der Waals surface area contributed by atoms with E-state index in [2.05, 4.69) is 0 Å². The van der Waals surface area contributed by atoms with Crippen molar-refractivity contribution < 1.29 is 19.3 Å². The van der Waals surface area contributed by atoms with Crippen LogP contribution in [0.25, 0.3) is 0 Å². The minimum Gasteiger partial charge on any atom is -0.449 e. The zero-order chi connectivity index (χ0) is 19.4. The number of nitro benzene ring substituents is 2. The molecule has 2 aromatic carbocycles. The molecule has 0 bridgehead atoms. The number of ether oxygens (including phenoxy) is 2. The molecule has 0 amide bonds. The summed E-state index contributed by atoms with van der Waals surface area (Å²) < 4.78 is 11.1. The highest BCUT2D eigenvalue weighted by molar-refractivity contribution is 7.80. The molecule has 1 fully saturated rings. The average Bonchev–Trinajstić information content (AvgIpc) is 2.68. The monoisotopic (exact) mass is 389 g/mol. The summed E-state index contributed by atoms with van der Waals surface area (Å²) in [4.78, 5) is 23.3. The first-order valence-corrected chi connectivity index (χ1v) is 8.45.